The Labute approximate surface area is 128 Å². The van der Waals surface area contributed by atoms with E-state index < -0.39 is 0 Å². The molecule has 5 heteroatoms. The first-order valence-electron chi connectivity index (χ1n) is 7.14. The molecule has 0 saturated carbocycles. The second-order valence-electron chi connectivity index (χ2n) is 5.21. The standard InChI is InChI=1S/C16H18N2O2S/c1-10-15(21-14(9-17)18-10)16(19)20-13-8-4-6-11-5-2-3-7-12(11)13/h2-3,5,7,13H,4,6,8-9,17H2,1H3. The molecule has 0 amide bonds. The van der Waals surface area contributed by atoms with Crippen LogP contribution in [0.25, 0.3) is 0 Å². The van der Waals surface area contributed by atoms with Crippen LogP contribution in [0, 0.1) is 6.92 Å². The number of benzene rings is 1. The largest absolute Gasteiger partial charge is 0.453 e. The molecule has 0 bridgehead atoms. The molecule has 0 spiro atoms. The Kier molecular flexibility index (Phi) is 4.03. The van der Waals surface area contributed by atoms with Crippen LogP contribution in [0.4, 0.5) is 0 Å². The quantitative estimate of drug-likeness (QED) is 0.885. The van der Waals surface area contributed by atoms with Gasteiger partial charge in [-0.2, -0.15) is 0 Å². The highest BCUT2D eigenvalue weighted by Crippen LogP contribution is 2.33. The number of rotatable bonds is 3. The summed E-state index contributed by atoms with van der Waals surface area (Å²) in [5, 5.41) is 0.767. The van der Waals surface area contributed by atoms with Crippen LogP contribution in [-0.2, 0) is 17.7 Å². The number of nitrogens with zero attached hydrogens (tertiary/aromatic N) is 1. The lowest BCUT2D eigenvalue weighted by Gasteiger charge is -2.25. The Morgan fingerprint density at radius 1 is 1.48 bits per heavy atom. The molecule has 3 rings (SSSR count). The molecular weight excluding hydrogens is 284 g/mol. The van der Waals surface area contributed by atoms with E-state index in [-0.39, 0.29) is 12.1 Å². The highest BCUT2D eigenvalue weighted by atomic mass is 32.1. The van der Waals surface area contributed by atoms with Crippen molar-refractivity contribution in [1.82, 2.24) is 4.98 Å². The van der Waals surface area contributed by atoms with E-state index in [1.807, 2.05) is 19.1 Å². The maximum Gasteiger partial charge on any atom is 0.350 e. The van der Waals surface area contributed by atoms with Crippen LogP contribution in [0.5, 0.6) is 0 Å². The monoisotopic (exact) mass is 302 g/mol. The minimum Gasteiger partial charge on any atom is -0.453 e. The summed E-state index contributed by atoms with van der Waals surface area (Å²) in [4.78, 5) is 17.2. The molecular formula is C16H18N2O2S. The van der Waals surface area contributed by atoms with Gasteiger partial charge < -0.3 is 10.5 Å². The maximum absolute atomic E-state index is 12.4. The average Bonchev–Trinajstić information content (AvgIpc) is 2.89. The summed E-state index contributed by atoms with van der Waals surface area (Å²) in [6.45, 7) is 2.17. The van der Waals surface area contributed by atoms with Crippen LogP contribution >= 0.6 is 11.3 Å². The van der Waals surface area contributed by atoms with Crippen LogP contribution in [0.15, 0.2) is 24.3 Å². The Balaban J connectivity index is 1.81. The fourth-order valence-corrected chi connectivity index (χ4v) is 3.57. The maximum atomic E-state index is 12.4. The minimum atomic E-state index is -0.286. The second kappa shape index (κ2) is 5.95. The van der Waals surface area contributed by atoms with E-state index in [2.05, 4.69) is 17.1 Å². The summed E-state index contributed by atoms with van der Waals surface area (Å²) in [5.41, 5.74) is 8.70. The number of nitrogens with two attached hydrogens (primary N) is 1. The Hall–Kier alpha value is -1.72. The molecule has 0 saturated heterocycles. The summed E-state index contributed by atoms with van der Waals surface area (Å²) in [7, 11) is 0. The normalized spacial score (nSPS) is 17.3. The third-order valence-electron chi connectivity index (χ3n) is 3.76. The van der Waals surface area contributed by atoms with Crippen molar-refractivity contribution in [3.8, 4) is 0 Å². The lowest BCUT2D eigenvalue weighted by atomic mass is 9.89. The molecule has 1 aromatic carbocycles. The Morgan fingerprint density at radius 2 is 2.29 bits per heavy atom. The summed E-state index contributed by atoms with van der Waals surface area (Å²) < 4.78 is 5.73. The molecule has 21 heavy (non-hydrogen) atoms. The third kappa shape index (κ3) is 2.84. The highest BCUT2D eigenvalue weighted by Gasteiger charge is 2.25. The lowest BCUT2D eigenvalue weighted by molar-refractivity contribution is 0.0261. The van der Waals surface area contributed by atoms with E-state index in [0.29, 0.717) is 17.1 Å². The Bertz CT molecular complexity index is 666. The van der Waals surface area contributed by atoms with Crippen LogP contribution in [0.1, 0.15) is 50.4 Å². The van der Waals surface area contributed by atoms with Crippen molar-refractivity contribution in [1.29, 1.82) is 0 Å². The van der Waals surface area contributed by atoms with E-state index >= 15 is 0 Å². The molecule has 110 valence electrons. The Morgan fingerprint density at radius 3 is 3.05 bits per heavy atom. The van der Waals surface area contributed by atoms with Gasteiger partial charge in [0.1, 0.15) is 16.0 Å². The molecule has 0 radical (unpaired) electrons. The molecule has 0 fully saturated rings. The first-order valence-corrected chi connectivity index (χ1v) is 7.96. The molecule has 1 unspecified atom stereocenters. The smallest absolute Gasteiger partial charge is 0.350 e. The van der Waals surface area contributed by atoms with Gasteiger partial charge in [0.15, 0.2) is 0 Å². The number of thiazole rings is 1. The van der Waals surface area contributed by atoms with Gasteiger partial charge in [0.25, 0.3) is 0 Å². The van der Waals surface area contributed by atoms with Gasteiger partial charge in [-0.15, -0.1) is 11.3 Å². The van der Waals surface area contributed by atoms with Gasteiger partial charge in [0.2, 0.25) is 0 Å². The zero-order valence-electron chi connectivity index (χ0n) is 12.0. The SMILES string of the molecule is Cc1nc(CN)sc1C(=O)OC1CCCc2ccccc21. The number of aryl methyl sites for hydroxylation is 2. The fourth-order valence-electron chi connectivity index (χ4n) is 2.74. The van der Waals surface area contributed by atoms with Crippen molar-refractivity contribution in [2.24, 2.45) is 5.73 Å². The van der Waals surface area contributed by atoms with Crippen LogP contribution in [-0.4, -0.2) is 11.0 Å². The van der Waals surface area contributed by atoms with Gasteiger partial charge in [0, 0.05) is 6.54 Å². The van der Waals surface area contributed by atoms with Crippen molar-refractivity contribution in [3.63, 3.8) is 0 Å². The minimum absolute atomic E-state index is 0.148. The first-order chi connectivity index (χ1) is 10.2. The van der Waals surface area contributed by atoms with Gasteiger partial charge in [-0.25, -0.2) is 9.78 Å². The molecule has 1 aliphatic rings. The number of esters is 1. The second-order valence-corrected chi connectivity index (χ2v) is 6.29. The number of hydrogen-bond donors (Lipinski definition) is 1. The number of carbonyl (C=O) groups is 1. The van der Waals surface area contributed by atoms with E-state index in [1.165, 1.54) is 16.9 Å². The number of carbonyl (C=O) groups excluding carboxylic acids is 1. The van der Waals surface area contributed by atoms with Crippen LogP contribution in [0.2, 0.25) is 0 Å². The molecule has 4 nitrogen and oxygen atoms in total. The molecule has 0 aliphatic heterocycles. The molecule has 2 N–H and O–H groups in total. The molecule has 1 atom stereocenters. The van der Waals surface area contributed by atoms with Gasteiger partial charge >= 0.3 is 5.97 Å². The predicted molar refractivity (Wildman–Crippen MR) is 82.3 cm³/mol. The van der Waals surface area contributed by atoms with Crippen molar-refractivity contribution in [2.75, 3.05) is 0 Å². The fraction of sp³-hybridized carbons (Fsp3) is 0.375. The van der Waals surface area contributed by atoms with Crippen LogP contribution < -0.4 is 5.73 Å². The van der Waals surface area contributed by atoms with Crippen LogP contribution in [0.3, 0.4) is 0 Å². The van der Waals surface area contributed by atoms with E-state index in [9.17, 15) is 4.79 Å². The topological polar surface area (TPSA) is 65.2 Å². The number of aromatic nitrogens is 1. The van der Waals surface area contributed by atoms with E-state index in [0.717, 1.165) is 29.8 Å². The van der Waals surface area contributed by atoms with Gasteiger partial charge in [-0.05, 0) is 37.3 Å². The molecule has 1 aliphatic carbocycles. The molecule has 2 aromatic rings. The number of ether oxygens (including phenoxy) is 1. The molecule has 1 aromatic heterocycles. The van der Waals surface area contributed by atoms with Crippen molar-refractivity contribution < 1.29 is 9.53 Å². The number of fused-ring (bicyclic) bond motifs is 1. The highest BCUT2D eigenvalue weighted by molar-refractivity contribution is 7.13. The van der Waals surface area contributed by atoms with Gasteiger partial charge in [0.05, 0.1) is 5.69 Å². The van der Waals surface area contributed by atoms with E-state index in [4.69, 9.17) is 10.5 Å². The molecule has 1 heterocycles. The van der Waals surface area contributed by atoms with Crippen molar-refractivity contribution in [3.05, 3.63) is 51.0 Å². The third-order valence-corrected chi connectivity index (χ3v) is 4.92. The number of hydrogen-bond acceptors (Lipinski definition) is 5. The summed E-state index contributed by atoms with van der Waals surface area (Å²) >= 11 is 1.33. The van der Waals surface area contributed by atoms with Gasteiger partial charge in [-0.3, -0.25) is 0 Å². The average molecular weight is 302 g/mol. The van der Waals surface area contributed by atoms with Crippen molar-refractivity contribution in [2.45, 2.75) is 38.8 Å². The summed E-state index contributed by atoms with van der Waals surface area (Å²) in [6, 6.07) is 8.19. The van der Waals surface area contributed by atoms with E-state index in [1.54, 1.807) is 0 Å². The first kappa shape index (κ1) is 14.2. The zero-order valence-corrected chi connectivity index (χ0v) is 12.8. The predicted octanol–water partition coefficient (Wildman–Crippen LogP) is 3.14. The zero-order chi connectivity index (χ0) is 14.8. The van der Waals surface area contributed by atoms with Gasteiger partial charge in [-0.1, -0.05) is 24.3 Å². The summed E-state index contributed by atoms with van der Waals surface area (Å²) in [6.07, 6.45) is 2.83. The summed E-state index contributed by atoms with van der Waals surface area (Å²) in [5.74, 6) is -0.286. The lowest BCUT2D eigenvalue weighted by Crippen LogP contribution is -2.16. The van der Waals surface area contributed by atoms with Crippen molar-refractivity contribution >= 4 is 17.3 Å².